The van der Waals surface area contributed by atoms with Crippen LogP contribution in [0.2, 0.25) is 0 Å². The Morgan fingerprint density at radius 2 is 1.79 bits per heavy atom. The molecule has 6 heteroatoms. The van der Waals surface area contributed by atoms with Gasteiger partial charge in [-0.2, -0.15) is 0 Å². The summed E-state index contributed by atoms with van der Waals surface area (Å²) in [6.45, 7) is 1.45. The van der Waals surface area contributed by atoms with Gasteiger partial charge in [-0.05, 0) is 36.2 Å². The maximum absolute atomic E-state index is 11.7. The van der Waals surface area contributed by atoms with Gasteiger partial charge in [0.25, 0.3) is 5.91 Å². The van der Waals surface area contributed by atoms with Gasteiger partial charge in [0.1, 0.15) is 11.3 Å². The maximum Gasteiger partial charge on any atom is 0.251 e. The van der Waals surface area contributed by atoms with E-state index in [-0.39, 0.29) is 5.91 Å². The largest absolute Gasteiger partial charge is 0.461 e. The molecule has 0 saturated carbocycles. The molecule has 6 nitrogen and oxygen atoms in total. The summed E-state index contributed by atoms with van der Waals surface area (Å²) >= 11 is 0. The molecule has 0 bridgehead atoms. The summed E-state index contributed by atoms with van der Waals surface area (Å²) in [5.41, 5.74) is 2.69. The SMILES string of the molecule is CN=C(NCCc1cccc(C(=O)NC)c1)NCCc1cc2ccccc2o1. The number of fused-ring (bicyclic) bond motifs is 1. The zero-order valence-electron chi connectivity index (χ0n) is 16.3. The molecule has 0 fully saturated rings. The summed E-state index contributed by atoms with van der Waals surface area (Å²) in [6.07, 6.45) is 1.58. The number of rotatable bonds is 7. The van der Waals surface area contributed by atoms with Crippen LogP contribution in [-0.4, -0.2) is 39.1 Å². The lowest BCUT2D eigenvalue weighted by molar-refractivity contribution is 0.0963. The van der Waals surface area contributed by atoms with Crippen LogP contribution < -0.4 is 16.0 Å². The van der Waals surface area contributed by atoms with Crippen molar-refractivity contribution in [2.45, 2.75) is 12.8 Å². The van der Waals surface area contributed by atoms with Gasteiger partial charge >= 0.3 is 0 Å². The number of nitrogens with one attached hydrogen (secondary N) is 3. The molecular formula is C22H26N4O2. The van der Waals surface area contributed by atoms with E-state index in [2.05, 4.69) is 33.1 Å². The van der Waals surface area contributed by atoms with Gasteiger partial charge in [0.2, 0.25) is 0 Å². The van der Waals surface area contributed by atoms with E-state index in [4.69, 9.17) is 4.42 Å². The van der Waals surface area contributed by atoms with Gasteiger partial charge in [0.15, 0.2) is 5.96 Å². The first kappa shape index (κ1) is 19.5. The van der Waals surface area contributed by atoms with E-state index < -0.39 is 0 Å². The summed E-state index contributed by atoms with van der Waals surface area (Å²) in [4.78, 5) is 16.0. The molecular weight excluding hydrogens is 352 g/mol. The third-order valence-corrected chi connectivity index (χ3v) is 4.49. The minimum atomic E-state index is -0.0714. The van der Waals surface area contributed by atoms with Crippen molar-refractivity contribution in [2.24, 2.45) is 4.99 Å². The Morgan fingerprint density at radius 3 is 2.54 bits per heavy atom. The Labute approximate surface area is 165 Å². The van der Waals surface area contributed by atoms with Crippen molar-refractivity contribution >= 4 is 22.8 Å². The molecule has 1 amide bonds. The highest BCUT2D eigenvalue weighted by atomic mass is 16.3. The number of carbonyl (C=O) groups is 1. The second-order valence-electron chi connectivity index (χ2n) is 6.46. The Balaban J connectivity index is 1.44. The number of amides is 1. The Kier molecular flexibility index (Phi) is 6.68. The average Bonchev–Trinajstić information content (AvgIpc) is 3.15. The molecule has 1 aromatic heterocycles. The van der Waals surface area contributed by atoms with Crippen LogP contribution in [0.3, 0.4) is 0 Å². The standard InChI is InChI=1S/C22H26N4O2/c1-23-21(27)18-8-5-6-16(14-18)10-12-25-22(24-2)26-13-11-19-15-17-7-3-4-9-20(17)28-19/h3-9,14-15H,10-13H2,1-2H3,(H,23,27)(H2,24,25,26). The first-order valence-electron chi connectivity index (χ1n) is 9.42. The second kappa shape index (κ2) is 9.60. The van der Waals surface area contributed by atoms with Crippen molar-refractivity contribution in [3.8, 4) is 0 Å². The molecule has 0 spiro atoms. The van der Waals surface area contributed by atoms with Crippen molar-refractivity contribution in [1.82, 2.24) is 16.0 Å². The van der Waals surface area contributed by atoms with Crippen LogP contribution in [0, 0.1) is 0 Å². The Bertz CT molecular complexity index is 929. The van der Waals surface area contributed by atoms with E-state index in [0.29, 0.717) is 5.56 Å². The number of hydrogen-bond donors (Lipinski definition) is 3. The molecule has 3 aromatic rings. The molecule has 0 aliphatic carbocycles. The molecule has 0 unspecified atom stereocenters. The minimum absolute atomic E-state index is 0.0714. The first-order chi connectivity index (χ1) is 13.7. The van der Waals surface area contributed by atoms with Crippen LogP contribution in [0.1, 0.15) is 21.7 Å². The summed E-state index contributed by atoms with van der Waals surface area (Å²) in [7, 11) is 3.39. The van der Waals surface area contributed by atoms with Crippen LogP contribution in [0.15, 0.2) is 64.0 Å². The van der Waals surface area contributed by atoms with Crippen LogP contribution in [-0.2, 0) is 12.8 Å². The fourth-order valence-electron chi connectivity index (χ4n) is 3.02. The third kappa shape index (κ3) is 5.13. The second-order valence-corrected chi connectivity index (χ2v) is 6.46. The van der Waals surface area contributed by atoms with E-state index in [1.807, 2.05) is 42.5 Å². The van der Waals surface area contributed by atoms with Crippen LogP contribution in [0.5, 0.6) is 0 Å². The molecule has 2 aromatic carbocycles. The lowest BCUT2D eigenvalue weighted by Gasteiger charge is -2.11. The van der Waals surface area contributed by atoms with E-state index in [9.17, 15) is 4.79 Å². The number of furan rings is 1. The molecule has 28 heavy (non-hydrogen) atoms. The van der Waals surface area contributed by atoms with Gasteiger partial charge in [-0.1, -0.05) is 30.3 Å². The first-order valence-corrected chi connectivity index (χ1v) is 9.42. The summed E-state index contributed by atoms with van der Waals surface area (Å²) in [5.74, 6) is 1.63. The smallest absolute Gasteiger partial charge is 0.251 e. The van der Waals surface area contributed by atoms with Crippen molar-refractivity contribution in [1.29, 1.82) is 0 Å². The molecule has 3 rings (SSSR count). The van der Waals surface area contributed by atoms with Crippen molar-refractivity contribution in [2.75, 3.05) is 27.2 Å². The van der Waals surface area contributed by atoms with Gasteiger partial charge < -0.3 is 20.4 Å². The van der Waals surface area contributed by atoms with E-state index in [1.165, 1.54) is 0 Å². The highest BCUT2D eigenvalue weighted by Crippen LogP contribution is 2.18. The van der Waals surface area contributed by atoms with E-state index >= 15 is 0 Å². The van der Waals surface area contributed by atoms with Crippen LogP contribution >= 0.6 is 0 Å². The molecule has 0 saturated heterocycles. The number of hydrogen-bond acceptors (Lipinski definition) is 3. The van der Waals surface area contributed by atoms with E-state index in [1.54, 1.807) is 14.1 Å². The summed E-state index contributed by atoms with van der Waals surface area (Å²) < 4.78 is 5.83. The zero-order chi connectivity index (χ0) is 19.8. The molecule has 146 valence electrons. The number of para-hydroxylation sites is 1. The van der Waals surface area contributed by atoms with Gasteiger partial charge in [0, 0.05) is 44.6 Å². The maximum atomic E-state index is 11.7. The van der Waals surface area contributed by atoms with E-state index in [0.717, 1.165) is 54.2 Å². The number of aliphatic imine (C=N–C) groups is 1. The number of guanidine groups is 1. The van der Waals surface area contributed by atoms with Gasteiger partial charge in [0.05, 0.1) is 0 Å². The quantitative estimate of drug-likeness (QED) is 0.436. The van der Waals surface area contributed by atoms with Gasteiger partial charge in [-0.25, -0.2) is 0 Å². The predicted molar refractivity (Wildman–Crippen MR) is 113 cm³/mol. The summed E-state index contributed by atoms with van der Waals surface area (Å²) in [6, 6.07) is 17.7. The van der Waals surface area contributed by atoms with Gasteiger partial charge in [-0.3, -0.25) is 9.79 Å². The molecule has 0 aliphatic rings. The van der Waals surface area contributed by atoms with Crippen molar-refractivity contribution < 1.29 is 9.21 Å². The number of benzene rings is 2. The topological polar surface area (TPSA) is 78.7 Å². The highest BCUT2D eigenvalue weighted by Gasteiger charge is 2.05. The summed E-state index contributed by atoms with van der Waals surface area (Å²) in [5, 5.41) is 10.4. The number of nitrogens with zero attached hydrogens (tertiary/aromatic N) is 1. The molecule has 0 atom stereocenters. The Morgan fingerprint density at radius 1 is 1.00 bits per heavy atom. The molecule has 3 N–H and O–H groups in total. The highest BCUT2D eigenvalue weighted by molar-refractivity contribution is 5.94. The van der Waals surface area contributed by atoms with Crippen LogP contribution in [0.4, 0.5) is 0 Å². The number of carbonyl (C=O) groups excluding carboxylic acids is 1. The average molecular weight is 378 g/mol. The van der Waals surface area contributed by atoms with Crippen molar-refractivity contribution in [3.05, 3.63) is 71.5 Å². The lowest BCUT2D eigenvalue weighted by Crippen LogP contribution is -2.39. The minimum Gasteiger partial charge on any atom is -0.461 e. The molecule has 0 aliphatic heterocycles. The molecule has 1 heterocycles. The Hall–Kier alpha value is -3.28. The fraction of sp³-hybridized carbons (Fsp3) is 0.273. The van der Waals surface area contributed by atoms with Crippen molar-refractivity contribution in [3.63, 3.8) is 0 Å². The van der Waals surface area contributed by atoms with Crippen LogP contribution in [0.25, 0.3) is 11.0 Å². The normalized spacial score (nSPS) is 11.4. The van der Waals surface area contributed by atoms with Gasteiger partial charge in [-0.15, -0.1) is 0 Å². The lowest BCUT2D eigenvalue weighted by atomic mass is 10.1. The fourth-order valence-corrected chi connectivity index (χ4v) is 3.02. The molecule has 0 radical (unpaired) electrons. The predicted octanol–water partition coefficient (Wildman–Crippen LogP) is 2.74. The zero-order valence-corrected chi connectivity index (χ0v) is 16.3. The monoisotopic (exact) mass is 378 g/mol. The third-order valence-electron chi connectivity index (χ3n) is 4.49.